The Hall–Kier alpha value is -5.63. The molecular weight excluding hydrogens is 747 g/mol. The summed E-state index contributed by atoms with van der Waals surface area (Å²) in [6.45, 7) is 14.6. The number of carbonyl (C=O) groups excluding carboxylic acids is 3. The number of amides is 3. The van der Waals surface area contributed by atoms with Crippen LogP contribution in [0.4, 0.5) is 0 Å². The molecule has 0 aromatic heterocycles. The summed E-state index contributed by atoms with van der Waals surface area (Å²) >= 11 is 0. The normalized spacial score (nSPS) is 13.2. The van der Waals surface area contributed by atoms with Crippen LogP contribution in [-0.2, 0) is 36.2 Å². The van der Waals surface area contributed by atoms with Crippen molar-refractivity contribution in [2.45, 2.75) is 97.1 Å². The van der Waals surface area contributed by atoms with Crippen LogP contribution >= 0.6 is 0 Å². The van der Waals surface area contributed by atoms with Crippen LogP contribution in [-0.4, -0.2) is 74.7 Å². The summed E-state index contributed by atoms with van der Waals surface area (Å²) in [5.74, 6) is -3.00. The standard InChI is InChI=1S/C43H55N5O8S/c1-8-9-10-11-12-25-56-35-23-19-31(20-24-35)29(2)28-45-39(44-6)32-15-13-30(14-16-32)26-36(46-40(50)33-17-21-34(22-18-33)43(3,4)5)41(51)47-37(42(52)53)27-38(49)48-57(7,54)55/h13-24,28,36-37H,6,8-12,25-27H2,1-5,7H3,(H,46,50)(H,47,51)(H,48,49)(H,52,53)/b29-28+,45-39?/t36-,37-/m0/s1. The Morgan fingerprint density at radius 3 is 2.00 bits per heavy atom. The fourth-order valence-electron chi connectivity index (χ4n) is 5.65. The minimum absolute atomic E-state index is 0.0641. The van der Waals surface area contributed by atoms with Gasteiger partial charge >= 0.3 is 5.97 Å². The highest BCUT2D eigenvalue weighted by Gasteiger charge is 2.29. The maximum absolute atomic E-state index is 13.6. The molecule has 3 amide bonds. The van der Waals surface area contributed by atoms with Gasteiger partial charge in [-0.3, -0.25) is 19.1 Å². The summed E-state index contributed by atoms with van der Waals surface area (Å²) in [5.41, 5.74) is 4.20. The lowest BCUT2D eigenvalue weighted by Crippen LogP contribution is -2.53. The third kappa shape index (κ3) is 15.8. The zero-order valence-corrected chi connectivity index (χ0v) is 34.4. The van der Waals surface area contributed by atoms with Crippen LogP contribution < -0.4 is 20.1 Å². The molecule has 0 saturated carbocycles. The summed E-state index contributed by atoms with van der Waals surface area (Å²) in [6, 6.07) is 18.5. The number of benzene rings is 3. The molecule has 3 aromatic carbocycles. The Balaban J connectivity index is 1.78. The van der Waals surface area contributed by atoms with Gasteiger partial charge in [0, 0.05) is 23.7 Å². The molecule has 57 heavy (non-hydrogen) atoms. The lowest BCUT2D eigenvalue weighted by molar-refractivity contribution is -0.143. The molecule has 3 rings (SSSR count). The minimum Gasteiger partial charge on any atom is -0.494 e. The molecule has 0 bridgehead atoms. The summed E-state index contributed by atoms with van der Waals surface area (Å²) in [7, 11) is -3.97. The van der Waals surface area contributed by atoms with Crippen molar-refractivity contribution < 1.29 is 37.4 Å². The Kier molecular flexibility index (Phi) is 17.3. The molecule has 2 atom stereocenters. The third-order valence-corrected chi connectivity index (χ3v) is 9.55. The van der Waals surface area contributed by atoms with Gasteiger partial charge in [0.05, 0.1) is 19.3 Å². The number of unbranched alkanes of at least 4 members (excludes halogenated alkanes) is 4. The van der Waals surface area contributed by atoms with Crippen molar-refractivity contribution in [3.8, 4) is 5.75 Å². The molecule has 0 aliphatic rings. The molecule has 0 spiro atoms. The third-order valence-electron chi connectivity index (χ3n) is 8.95. The molecule has 4 N–H and O–H groups in total. The van der Waals surface area contributed by atoms with Gasteiger partial charge in [-0.15, -0.1) is 0 Å². The number of nitrogens with one attached hydrogen (secondary N) is 3. The van der Waals surface area contributed by atoms with Crippen LogP contribution in [0.1, 0.15) is 106 Å². The topological polar surface area (TPSA) is 193 Å². The van der Waals surface area contributed by atoms with Crippen molar-refractivity contribution in [3.05, 3.63) is 107 Å². The van der Waals surface area contributed by atoms with Gasteiger partial charge in [-0.1, -0.05) is 102 Å². The Morgan fingerprint density at radius 2 is 1.44 bits per heavy atom. The van der Waals surface area contributed by atoms with E-state index in [1.54, 1.807) is 47.3 Å². The SMILES string of the molecule is C=NC(=N/C=C(\C)c1ccc(OCCCCCCC)cc1)c1ccc(C[C@H](NC(=O)c2ccc(C(C)(C)C)cc2)C(=O)N[C@@H](CC(=O)NS(C)(=O)=O)C(=O)O)cc1. The zero-order chi connectivity index (χ0) is 42.2. The van der Waals surface area contributed by atoms with Gasteiger partial charge in [0.1, 0.15) is 17.8 Å². The molecule has 13 nitrogen and oxygen atoms in total. The van der Waals surface area contributed by atoms with Crippen LogP contribution in [0.25, 0.3) is 5.57 Å². The molecule has 0 aliphatic heterocycles. The average Bonchev–Trinajstić information content (AvgIpc) is 3.15. The molecule has 0 fully saturated rings. The number of aliphatic imine (C=N–C) groups is 2. The Bertz CT molecular complexity index is 2020. The lowest BCUT2D eigenvalue weighted by Gasteiger charge is -2.22. The second kappa shape index (κ2) is 21.6. The van der Waals surface area contributed by atoms with Crippen molar-refractivity contribution in [3.63, 3.8) is 0 Å². The van der Waals surface area contributed by atoms with Crippen LogP contribution in [0, 0.1) is 0 Å². The van der Waals surface area contributed by atoms with Crippen LogP contribution in [0.5, 0.6) is 5.75 Å². The lowest BCUT2D eigenvalue weighted by atomic mass is 9.86. The Labute approximate surface area is 336 Å². The highest BCUT2D eigenvalue weighted by atomic mass is 32.2. The van der Waals surface area contributed by atoms with Gasteiger partial charge in [0.15, 0.2) is 5.84 Å². The fourth-order valence-corrected chi connectivity index (χ4v) is 6.15. The molecule has 0 aliphatic carbocycles. The summed E-state index contributed by atoms with van der Waals surface area (Å²) < 4.78 is 30.6. The first kappa shape index (κ1) is 45.8. The van der Waals surface area contributed by atoms with E-state index in [0.717, 1.165) is 41.5 Å². The number of hydrogen-bond acceptors (Lipinski definition) is 8. The second-order valence-corrected chi connectivity index (χ2v) is 16.6. The zero-order valence-electron chi connectivity index (χ0n) is 33.6. The van der Waals surface area contributed by atoms with E-state index in [0.29, 0.717) is 23.6 Å². The van der Waals surface area contributed by atoms with E-state index in [9.17, 15) is 32.7 Å². The van der Waals surface area contributed by atoms with E-state index in [-0.39, 0.29) is 17.4 Å². The molecule has 306 valence electrons. The molecular formula is C43H55N5O8S. The van der Waals surface area contributed by atoms with Crippen molar-refractivity contribution >= 4 is 51.8 Å². The van der Waals surface area contributed by atoms with Crippen molar-refractivity contribution in [2.75, 3.05) is 12.9 Å². The maximum Gasteiger partial charge on any atom is 0.326 e. The number of amidine groups is 1. The number of ether oxygens (including phenoxy) is 1. The monoisotopic (exact) mass is 801 g/mol. The predicted molar refractivity (Wildman–Crippen MR) is 224 cm³/mol. The second-order valence-electron chi connectivity index (χ2n) is 14.9. The quantitative estimate of drug-likeness (QED) is 0.0588. The largest absolute Gasteiger partial charge is 0.494 e. The molecule has 0 heterocycles. The molecule has 0 unspecified atom stereocenters. The summed E-state index contributed by atoms with van der Waals surface area (Å²) in [6.07, 6.45) is 7.38. The first-order chi connectivity index (χ1) is 26.9. The van der Waals surface area contributed by atoms with Crippen molar-refractivity contribution in [1.82, 2.24) is 15.4 Å². The first-order valence-corrected chi connectivity index (χ1v) is 20.8. The molecule has 3 aromatic rings. The smallest absolute Gasteiger partial charge is 0.326 e. The maximum atomic E-state index is 13.6. The van der Waals surface area contributed by atoms with Crippen molar-refractivity contribution in [1.29, 1.82) is 0 Å². The van der Waals surface area contributed by atoms with Crippen LogP contribution in [0.2, 0.25) is 0 Å². The fraction of sp³-hybridized carbons (Fsp3) is 0.395. The number of allylic oxidation sites excluding steroid dienone is 1. The number of carboxylic acid groups (broad SMARTS) is 1. The molecule has 0 saturated heterocycles. The van der Waals surface area contributed by atoms with Crippen LogP contribution in [0.3, 0.4) is 0 Å². The Morgan fingerprint density at radius 1 is 0.842 bits per heavy atom. The van der Waals surface area contributed by atoms with Gasteiger partial charge in [-0.05, 0) is 72.0 Å². The van der Waals surface area contributed by atoms with E-state index in [2.05, 4.69) is 34.3 Å². The highest BCUT2D eigenvalue weighted by Crippen LogP contribution is 2.23. The summed E-state index contributed by atoms with van der Waals surface area (Å²) in [5, 5.41) is 14.7. The predicted octanol–water partition coefficient (Wildman–Crippen LogP) is 6.22. The minimum atomic E-state index is -3.97. The number of nitrogens with zero attached hydrogens (tertiary/aromatic N) is 2. The van der Waals surface area contributed by atoms with E-state index < -0.39 is 52.2 Å². The van der Waals surface area contributed by atoms with E-state index in [1.807, 2.05) is 64.1 Å². The number of aliphatic carboxylic acids is 1. The average molecular weight is 802 g/mol. The van der Waals surface area contributed by atoms with E-state index >= 15 is 0 Å². The van der Waals surface area contributed by atoms with E-state index in [4.69, 9.17) is 4.74 Å². The van der Waals surface area contributed by atoms with E-state index in [1.165, 1.54) is 19.3 Å². The molecule has 14 heteroatoms. The first-order valence-electron chi connectivity index (χ1n) is 18.9. The summed E-state index contributed by atoms with van der Waals surface area (Å²) in [4.78, 5) is 59.8. The number of sulfonamides is 1. The highest BCUT2D eigenvalue weighted by molar-refractivity contribution is 7.89. The van der Waals surface area contributed by atoms with Crippen molar-refractivity contribution in [2.24, 2.45) is 9.98 Å². The number of carbonyl (C=O) groups is 4. The number of carboxylic acids is 1. The van der Waals surface area contributed by atoms with Gasteiger partial charge in [0.2, 0.25) is 21.8 Å². The van der Waals surface area contributed by atoms with Gasteiger partial charge in [-0.2, -0.15) is 0 Å². The van der Waals surface area contributed by atoms with Gasteiger partial charge in [0.25, 0.3) is 5.91 Å². The number of hydrogen-bond donors (Lipinski definition) is 4. The van der Waals surface area contributed by atoms with Crippen LogP contribution in [0.15, 0.2) is 89.0 Å². The number of rotatable bonds is 20. The van der Waals surface area contributed by atoms with Gasteiger partial charge < -0.3 is 20.5 Å². The molecule has 0 radical (unpaired) electrons. The van der Waals surface area contributed by atoms with Gasteiger partial charge in [-0.25, -0.2) is 23.2 Å².